The van der Waals surface area contributed by atoms with Crippen LogP contribution in [-0.2, 0) is 0 Å². The second kappa shape index (κ2) is 6.53. The maximum Gasteiger partial charge on any atom is 0.0263 e. The molecule has 0 radical (unpaired) electrons. The van der Waals surface area contributed by atoms with Gasteiger partial charge < -0.3 is 10.2 Å². The van der Waals surface area contributed by atoms with Crippen molar-refractivity contribution in [2.45, 2.75) is 37.1 Å². The Morgan fingerprint density at radius 2 is 2.25 bits per heavy atom. The summed E-state index contributed by atoms with van der Waals surface area (Å²) in [5, 5.41) is 4.64. The van der Waals surface area contributed by atoms with Gasteiger partial charge in [-0.3, -0.25) is 0 Å². The molecule has 2 heterocycles. The molecule has 3 unspecified atom stereocenters. The van der Waals surface area contributed by atoms with E-state index in [9.17, 15) is 0 Å². The summed E-state index contributed by atoms with van der Waals surface area (Å²) in [5.74, 6) is 4.05. The van der Waals surface area contributed by atoms with E-state index in [4.69, 9.17) is 0 Å². The van der Waals surface area contributed by atoms with Crippen molar-refractivity contribution >= 4 is 23.5 Å². The monoisotopic (exact) mass is 260 g/mol. The quantitative estimate of drug-likeness (QED) is 0.833. The first-order chi connectivity index (χ1) is 7.75. The Labute approximate surface area is 108 Å². The maximum absolute atomic E-state index is 3.78. The molecule has 16 heavy (non-hydrogen) atoms. The van der Waals surface area contributed by atoms with E-state index in [1.54, 1.807) is 0 Å². The topological polar surface area (TPSA) is 15.3 Å². The van der Waals surface area contributed by atoms with E-state index >= 15 is 0 Å². The molecule has 0 aliphatic carbocycles. The van der Waals surface area contributed by atoms with Gasteiger partial charge in [-0.2, -0.15) is 23.5 Å². The molecule has 1 N–H and O–H groups in total. The second-order valence-electron chi connectivity index (χ2n) is 5.03. The van der Waals surface area contributed by atoms with Gasteiger partial charge in [-0.15, -0.1) is 0 Å². The highest BCUT2D eigenvalue weighted by atomic mass is 32.2. The Balaban J connectivity index is 1.65. The van der Waals surface area contributed by atoms with Crippen molar-refractivity contribution in [3.05, 3.63) is 0 Å². The van der Waals surface area contributed by atoms with Crippen molar-refractivity contribution in [2.75, 3.05) is 37.4 Å². The van der Waals surface area contributed by atoms with Gasteiger partial charge in [-0.05, 0) is 33.4 Å². The number of thioether (sulfide) groups is 2. The molecule has 0 bridgehead atoms. The third-order valence-electron chi connectivity index (χ3n) is 3.73. The minimum atomic E-state index is 0.750. The van der Waals surface area contributed by atoms with Gasteiger partial charge in [0.1, 0.15) is 0 Å². The Kier molecular flexibility index (Phi) is 5.33. The van der Waals surface area contributed by atoms with E-state index in [-0.39, 0.29) is 0 Å². The molecule has 2 nitrogen and oxygen atoms in total. The minimum Gasteiger partial charge on any atom is -0.313 e. The number of hydrogen-bond donors (Lipinski definition) is 1. The van der Waals surface area contributed by atoms with Crippen LogP contribution in [0.5, 0.6) is 0 Å². The highest BCUT2D eigenvalue weighted by Gasteiger charge is 2.23. The molecule has 2 saturated heterocycles. The van der Waals surface area contributed by atoms with Gasteiger partial charge in [0.25, 0.3) is 0 Å². The van der Waals surface area contributed by atoms with Gasteiger partial charge in [0.15, 0.2) is 0 Å². The van der Waals surface area contributed by atoms with Crippen LogP contribution in [0.1, 0.15) is 19.8 Å². The molecule has 0 aromatic carbocycles. The highest BCUT2D eigenvalue weighted by Crippen LogP contribution is 2.24. The summed E-state index contributed by atoms with van der Waals surface area (Å²) in [6.45, 7) is 4.82. The highest BCUT2D eigenvalue weighted by molar-refractivity contribution is 8.06. The normalized spacial score (nSPS) is 37.5. The standard InChI is InChI=1S/C12H24N2S2/c1-10-7-11(3-4-14(10)2)13-8-12-9-15-5-6-16-12/h10-13H,3-9H2,1-2H3. The molecule has 0 amide bonds. The lowest BCUT2D eigenvalue weighted by Gasteiger charge is -2.36. The molecule has 4 heteroatoms. The average Bonchev–Trinajstić information content (AvgIpc) is 2.32. The number of nitrogens with zero attached hydrogens (tertiary/aromatic N) is 1. The van der Waals surface area contributed by atoms with Crippen molar-refractivity contribution < 1.29 is 0 Å². The molecule has 2 fully saturated rings. The zero-order valence-corrected chi connectivity index (χ0v) is 12.1. The Bertz CT molecular complexity index is 207. The van der Waals surface area contributed by atoms with Gasteiger partial charge in [0.2, 0.25) is 0 Å². The fourth-order valence-electron chi connectivity index (χ4n) is 2.43. The molecule has 3 atom stereocenters. The van der Waals surface area contributed by atoms with Crippen LogP contribution in [0.2, 0.25) is 0 Å². The van der Waals surface area contributed by atoms with E-state index in [0.717, 1.165) is 17.3 Å². The Hall–Kier alpha value is 0.620. The summed E-state index contributed by atoms with van der Waals surface area (Å²) < 4.78 is 0. The third kappa shape index (κ3) is 3.83. The summed E-state index contributed by atoms with van der Waals surface area (Å²) >= 11 is 4.28. The molecule has 2 rings (SSSR count). The average molecular weight is 260 g/mol. The maximum atomic E-state index is 3.78. The Morgan fingerprint density at radius 3 is 2.94 bits per heavy atom. The molecule has 2 aliphatic heterocycles. The fraction of sp³-hybridized carbons (Fsp3) is 1.00. The van der Waals surface area contributed by atoms with Gasteiger partial charge in [-0.25, -0.2) is 0 Å². The lowest BCUT2D eigenvalue weighted by molar-refractivity contribution is 0.169. The smallest absolute Gasteiger partial charge is 0.0263 e. The molecule has 0 spiro atoms. The lowest BCUT2D eigenvalue weighted by Crippen LogP contribution is -2.47. The summed E-state index contributed by atoms with van der Waals surface area (Å²) in [7, 11) is 2.24. The molecule has 94 valence electrons. The Morgan fingerprint density at radius 1 is 1.38 bits per heavy atom. The van der Waals surface area contributed by atoms with Crippen LogP contribution in [0.25, 0.3) is 0 Å². The largest absolute Gasteiger partial charge is 0.313 e. The minimum absolute atomic E-state index is 0.750. The zero-order valence-electron chi connectivity index (χ0n) is 10.4. The van der Waals surface area contributed by atoms with E-state index in [1.165, 1.54) is 43.2 Å². The van der Waals surface area contributed by atoms with Crippen molar-refractivity contribution in [1.29, 1.82) is 0 Å². The molecular weight excluding hydrogens is 236 g/mol. The van der Waals surface area contributed by atoms with Crippen molar-refractivity contribution in [3.8, 4) is 0 Å². The van der Waals surface area contributed by atoms with Crippen LogP contribution in [0.3, 0.4) is 0 Å². The summed E-state index contributed by atoms with van der Waals surface area (Å²) in [6, 6.07) is 1.51. The van der Waals surface area contributed by atoms with Crippen LogP contribution in [0.15, 0.2) is 0 Å². The number of piperidine rings is 1. The van der Waals surface area contributed by atoms with Gasteiger partial charge in [-0.1, -0.05) is 0 Å². The summed E-state index contributed by atoms with van der Waals surface area (Å²) in [4.78, 5) is 2.48. The summed E-state index contributed by atoms with van der Waals surface area (Å²) in [6.07, 6.45) is 2.65. The van der Waals surface area contributed by atoms with Crippen molar-refractivity contribution in [3.63, 3.8) is 0 Å². The first-order valence-electron chi connectivity index (χ1n) is 6.38. The van der Waals surface area contributed by atoms with Crippen molar-refractivity contribution in [2.24, 2.45) is 0 Å². The first-order valence-corrected chi connectivity index (χ1v) is 8.59. The van der Waals surface area contributed by atoms with E-state index in [1.807, 2.05) is 0 Å². The van der Waals surface area contributed by atoms with Crippen LogP contribution in [0, 0.1) is 0 Å². The predicted octanol–water partition coefficient (Wildman–Crippen LogP) is 1.91. The number of hydrogen-bond acceptors (Lipinski definition) is 4. The van der Waals surface area contributed by atoms with Crippen molar-refractivity contribution in [1.82, 2.24) is 10.2 Å². The van der Waals surface area contributed by atoms with Gasteiger partial charge in [0, 0.05) is 41.1 Å². The van der Waals surface area contributed by atoms with E-state index in [0.29, 0.717) is 0 Å². The number of likely N-dealkylation sites (tertiary alicyclic amines) is 1. The number of rotatable bonds is 3. The third-order valence-corrected chi connectivity index (χ3v) is 6.57. The first kappa shape index (κ1) is 13.1. The van der Waals surface area contributed by atoms with Crippen LogP contribution in [0.4, 0.5) is 0 Å². The lowest BCUT2D eigenvalue weighted by atomic mass is 9.99. The van der Waals surface area contributed by atoms with E-state index in [2.05, 4.69) is 47.7 Å². The molecule has 2 aliphatic rings. The van der Waals surface area contributed by atoms with E-state index < -0.39 is 0 Å². The fourth-order valence-corrected chi connectivity index (χ4v) is 5.05. The second-order valence-corrected chi connectivity index (χ2v) is 7.58. The van der Waals surface area contributed by atoms with Crippen LogP contribution >= 0.6 is 23.5 Å². The van der Waals surface area contributed by atoms with Crippen LogP contribution < -0.4 is 5.32 Å². The molecule has 0 aromatic rings. The summed E-state index contributed by atoms with van der Waals surface area (Å²) in [5.41, 5.74) is 0. The molecule has 0 saturated carbocycles. The molecule has 0 aromatic heterocycles. The van der Waals surface area contributed by atoms with Gasteiger partial charge in [0.05, 0.1) is 0 Å². The SMILES string of the molecule is CC1CC(NCC2CSCCS2)CCN1C. The number of nitrogens with one attached hydrogen (secondary N) is 1. The zero-order chi connectivity index (χ0) is 11.4. The predicted molar refractivity (Wildman–Crippen MR) is 76.7 cm³/mol. The molecular formula is C12H24N2S2. The van der Waals surface area contributed by atoms with Gasteiger partial charge >= 0.3 is 0 Å². The van der Waals surface area contributed by atoms with Crippen LogP contribution in [-0.4, -0.2) is 59.6 Å².